The molecule has 0 spiro atoms. The molecular formula is C15H14ClN5. The van der Waals surface area contributed by atoms with E-state index in [0.717, 1.165) is 27.5 Å². The zero-order chi connectivity index (χ0) is 14.7. The largest absolute Gasteiger partial charge is 0.381 e. The minimum absolute atomic E-state index is 0.684. The van der Waals surface area contributed by atoms with Crippen LogP contribution in [-0.2, 0) is 6.54 Å². The van der Waals surface area contributed by atoms with Crippen molar-refractivity contribution in [3.8, 4) is 5.69 Å². The number of halogens is 1. The molecule has 0 unspecified atom stereocenters. The number of hydrogen-bond acceptors (Lipinski definition) is 4. The number of anilines is 1. The standard InChI is InChI=1S/C15H14ClN5/c1-11-8-13(6-7-15(11)21-10-18-19-20-21)17-9-12-4-2-3-5-14(12)16/h2-8,10,17H,9H2,1H3. The van der Waals surface area contributed by atoms with Crippen molar-refractivity contribution in [2.45, 2.75) is 13.5 Å². The predicted octanol–water partition coefficient (Wildman–Crippen LogP) is 3.24. The highest BCUT2D eigenvalue weighted by Crippen LogP contribution is 2.20. The molecule has 3 aromatic rings. The average molecular weight is 300 g/mol. The quantitative estimate of drug-likeness (QED) is 0.803. The van der Waals surface area contributed by atoms with Crippen LogP contribution in [0.25, 0.3) is 5.69 Å². The number of rotatable bonds is 4. The van der Waals surface area contributed by atoms with E-state index in [1.807, 2.05) is 43.3 Å². The van der Waals surface area contributed by atoms with Gasteiger partial charge in [0.15, 0.2) is 0 Å². The molecule has 0 aliphatic heterocycles. The lowest BCUT2D eigenvalue weighted by Crippen LogP contribution is -2.02. The fourth-order valence-corrected chi connectivity index (χ4v) is 2.34. The van der Waals surface area contributed by atoms with Gasteiger partial charge in [0.1, 0.15) is 6.33 Å². The Balaban J connectivity index is 1.76. The van der Waals surface area contributed by atoms with Crippen LogP contribution in [0.1, 0.15) is 11.1 Å². The molecule has 3 rings (SSSR count). The topological polar surface area (TPSA) is 55.6 Å². The smallest absolute Gasteiger partial charge is 0.143 e. The normalized spacial score (nSPS) is 10.6. The zero-order valence-corrected chi connectivity index (χ0v) is 12.2. The molecule has 0 amide bonds. The molecule has 0 fully saturated rings. The zero-order valence-electron chi connectivity index (χ0n) is 11.5. The van der Waals surface area contributed by atoms with E-state index in [1.165, 1.54) is 0 Å². The van der Waals surface area contributed by atoms with Crippen LogP contribution in [0.5, 0.6) is 0 Å². The first kappa shape index (κ1) is 13.6. The molecule has 106 valence electrons. The molecular weight excluding hydrogens is 286 g/mol. The summed E-state index contributed by atoms with van der Waals surface area (Å²) in [4.78, 5) is 0. The van der Waals surface area contributed by atoms with E-state index >= 15 is 0 Å². The molecule has 0 saturated heterocycles. The lowest BCUT2D eigenvalue weighted by atomic mass is 10.1. The Kier molecular flexibility index (Phi) is 3.83. The first-order chi connectivity index (χ1) is 10.2. The molecule has 5 nitrogen and oxygen atoms in total. The fourth-order valence-electron chi connectivity index (χ4n) is 2.13. The first-order valence-corrected chi connectivity index (χ1v) is 6.93. The monoisotopic (exact) mass is 299 g/mol. The summed E-state index contributed by atoms with van der Waals surface area (Å²) in [6, 6.07) is 13.9. The highest BCUT2D eigenvalue weighted by molar-refractivity contribution is 6.31. The molecule has 1 heterocycles. The van der Waals surface area contributed by atoms with Gasteiger partial charge in [-0.05, 0) is 52.7 Å². The van der Waals surface area contributed by atoms with Gasteiger partial charge in [-0.1, -0.05) is 29.8 Å². The van der Waals surface area contributed by atoms with Crippen molar-refractivity contribution in [1.29, 1.82) is 0 Å². The third-order valence-corrected chi connectivity index (χ3v) is 3.60. The maximum Gasteiger partial charge on any atom is 0.143 e. The summed E-state index contributed by atoms with van der Waals surface area (Å²) in [6.45, 7) is 2.71. The maximum absolute atomic E-state index is 6.15. The third kappa shape index (κ3) is 3.03. The summed E-state index contributed by atoms with van der Waals surface area (Å²) in [5.41, 5.74) is 4.15. The van der Waals surface area contributed by atoms with Crippen molar-refractivity contribution >= 4 is 17.3 Å². The Hall–Kier alpha value is -2.40. The fraction of sp³-hybridized carbons (Fsp3) is 0.133. The van der Waals surface area contributed by atoms with E-state index in [4.69, 9.17) is 11.6 Å². The van der Waals surface area contributed by atoms with Crippen molar-refractivity contribution < 1.29 is 0 Å². The number of aryl methyl sites for hydroxylation is 1. The van der Waals surface area contributed by atoms with Crippen molar-refractivity contribution in [3.63, 3.8) is 0 Å². The molecule has 0 aliphatic carbocycles. The summed E-state index contributed by atoms with van der Waals surface area (Å²) in [6.07, 6.45) is 1.58. The van der Waals surface area contributed by atoms with Crippen LogP contribution in [-0.4, -0.2) is 20.2 Å². The van der Waals surface area contributed by atoms with Gasteiger partial charge in [0.05, 0.1) is 5.69 Å². The Morgan fingerprint density at radius 1 is 1.19 bits per heavy atom. The summed E-state index contributed by atoms with van der Waals surface area (Å²) in [5.74, 6) is 0. The van der Waals surface area contributed by atoms with Gasteiger partial charge in [-0.25, -0.2) is 4.68 Å². The number of nitrogens with zero attached hydrogens (tertiary/aromatic N) is 4. The molecule has 0 atom stereocenters. The minimum Gasteiger partial charge on any atom is -0.381 e. The molecule has 21 heavy (non-hydrogen) atoms. The second-order valence-electron chi connectivity index (χ2n) is 4.70. The second-order valence-corrected chi connectivity index (χ2v) is 5.11. The van der Waals surface area contributed by atoms with E-state index in [2.05, 4.69) is 26.9 Å². The van der Waals surface area contributed by atoms with Crippen LogP contribution < -0.4 is 5.32 Å². The van der Waals surface area contributed by atoms with Crippen LogP contribution in [0.15, 0.2) is 48.8 Å². The van der Waals surface area contributed by atoms with E-state index < -0.39 is 0 Å². The third-order valence-electron chi connectivity index (χ3n) is 3.23. The van der Waals surface area contributed by atoms with Crippen molar-refractivity contribution in [2.24, 2.45) is 0 Å². The van der Waals surface area contributed by atoms with E-state index in [1.54, 1.807) is 11.0 Å². The van der Waals surface area contributed by atoms with Crippen LogP contribution in [0.3, 0.4) is 0 Å². The van der Waals surface area contributed by atoms with Gasteiger partial charge in [0, 0.05) is 17.3 Å². The van der Waals surface area contributed by atoms with Crippen LogP contribution in [0.2, 0.25) is 5.02 Å². The Bertz CT molecular complexity index is 740. The molecule has 2 aromatic carbocycles. The molecule has 0 saturated carbocycles. The summed E-state index contributed by atoms with van der Waals surface area (Å²) in [7, 11) is 0. The van der Waals surface area contributed by atoms with Gasteiger partial charge < -0.3 is 5.32 Å². The number of benzene rings is 2. The molecule has 1 aromatic heterocycles. The summed E-state index contributed by atoms with van der Waals surface area (Å²) in [5, 5.41) is 15.3. The van der Waals surface area contributed by atoms with Crippen LogP contribution in [0, 0.1) is 6.92 Å². The highest BCUT2D eigenvalue weighted by Gasteiger charge is 2.04. The second kappa shape index (κ2) is 5.93. The van der Waals surface area contributed by atoms with Crippen molar-refractivity contribution in [2.75, 3.05) is 5.32 Å². The van der Waals surface area contributed by atoms with E-state index in [0.29, 0.717) is 6.54 Å². The van der Waals surface area contributed by atoms with Gasteiger partial charge in [-0.15, -0.1) is 5.10 Å². The first-order valence-electron chi connectivity index (χ1n) is 6.55. The molecule has 0 aliphatic rings. The molecule has 0 bridgehead atoms. The van der Waals surface area contributed by atoms with E-state index in [-0.39, 0.29) is 0 Å². The SMILES string of the molecule is Cc1cc(NCc2ccccc2Cl)ccc1-n1cnnn1. The molecule has 0 radical (unpaired) electrons. The number of tetrazole rings is 1. The molecule has 6 heteroatoms. The van der Waals surface area contributed by atoms with Crippen molar-refractivity contribution in [1.82, 2.24) is 20.2 Å². The van der Waals surface area contributed by atoms with Crippen LogP contribution >= 0.6 is 11.6 Å². The highest BCUT2D eigenvalue weighted by atomic mass is 35.5. The van der Waals surface area contributed by atoms with Gasteiger partial charge in [0.2, 0.25) is 0 Å². The number of aromatic nitrogens is 4. The summed E-state index contributed by atoms with van der Waals surface area (Å²) >= 11 is 6.15. The van der Waals surface area contributed by atoms with E-state index in [9.17, 15) is 0 Å². The van der Waals surface area contributed by atoms with Crippen molar-refractivity contribution in [3.05, 3.63) is 64.9 Å². The molecule has 1 N–H and O–H groups in total. The Morgan fingerprint density at radius 3 is 2.76 bits per heavy atom. The average Bonchev–Trinajstić information content (AvgIpc) is 3.00. The van der Waals surface area contributed by atoms with Gasteiger partial charge in [0.25, 0.3) is 0 Å². The Labute approximate surface area is 127 Å². The lowest BCUT2D eigenvalue weighted by molar-refractivity contribution is 0.785. The summed E-state index contributed by atoms with van der Waals surface area (Å²) < 4.78 is 1.65. The number of nitrogens with one attached hydrogen (secondary N) is 1. The van der Waals surface area contributed by atoms with Gasteiger partial charge in [-0.2, -0.15) is 0 Å². The number of hydrogen-bond donors (Lipinski definition) is 1. The predicted molar refractivity (Wildman–Crippen MR) is 82.7 cm³/mol. The van der Waals surface area contributed by atoms with Crippen LogP contribution in [0.4, 0.5) is 5.69 Å². The van der Waals surface area contributed by atoms with Gasteiger partial charge >= 0.3 is 0 Å². The van der Waals surface area contributed by atoms with Gasteiger partial charge in [-0.3, -0.25) is 0 Å². The minimum atomic E-state index is 0.684. The lowest BCUT2D eigenvalue weighted by Gasteiger charge is -2.11. The Morgan fingerprint density at radius 2 is 2.05 bits per heavy atom. The maximum atomic E-state index is 6.15.